The van der Waals surface area contributed by atoms with Gasteiger partial charge in [-0.05, 0) is 0 Å². The molecule has 0 aliphatic heterocycles. The fourth-order valence-corrected chi connectivity index (χ4v) is 7.39. The molecule has 0 spiro atoms. The van der Waals surface area contributed by atoms with Crippen LogP contribution in [0.1, 0.15) is 0 Å². The van der Waals surface area contributed by atoms with Gasteiger partial charge in [0, 0.05) is 0 Å². The molecule has 0 bridgehead atoms. The molecule has 2 nitrogen and oxygen atoms in total. The Kier molecular flexibility index (Phi) is 3.97. The molecule has 0 aliphatic carbocycles. The van der Waals surface area contributed by atoms with Gasteiger partial charge in [-0.1, -0.05) is 0 Å². The van der Waals surface area contributed by atoms with E-state index >= 15 is 0 Å². The molecule has 0 N–H and O–H groups in total. The molecule has 136 valence electrons. The van der Waals surface area contributed by atoms with Crippen LogP contribution in [-0.2, 0) is 0 Å². The summed E-state index contributed by atoms with van der Waals surface area (Å²) < 4.78 is 2.96. The zero-order chi connectivity index (χ0) is 19.2. The van der Waals surface area contributed by atoms with Gasteiger partial charge in [-0.3, -0.25) is 0 Å². The minimum atomic E-state index is -0.445. The van der Waals surface area contributed by atoms with Crippen molar-refractivity contribution in [2.45, 2.75) is 0 Å². The Morgan fingerprint density at radius 1 is 0.552 bits per heavy atom. The second-order valence-electron chi connectivity index (χ2n) is 7.06. The van der Waals surface area contributed by atoms with Crippen molar-refractivity contribution in [3.05, 3.63) is 97.1 Å². The van der Waals surface area contributed by atoms with E-state index in [4.69, 9.17) is 9.97 Å². The van der Waals surface area contributed by atoms with Crippen LogP contribution in [0.2, 0.25) is 0 Å². The summed E-state index contributed by atoms with van der Waals surface area (Å²) in [5.74, 6) is 0.831. The predicted octanol–water partition coefficient (Wildman–Crippen LogP) is 6.33. The van der Waals surface area contributed by atoms with E-state index in [1.165, 1.54) is 23.1 Å². The summed E-state index contributed by atoms with van der Waals surface area (Å²) in [5.41, 5.74) is 4.30. The van der Waals surface area contributed by atoms with Crippen LogP contribution < -0.4 is 0 Å². The van der Waals surface area contributed by atoms with E-state index in [0.717, 1.165) is 28.0 Å². The second kappa shape index (κ2) is 6.81. The van der Waals surface area contributed by atoms with Crippen LogP contribution in [0.4, 0.5) is 0 Å². The monoisotopic (exact) mass is 486 g/mol. The molecular weight excluding hydrogens is 468 g/mol. The van der Waals surface area contributed by atoms with E-state index in [0.29, 0.717) is 0 Å². The third kappa shape index (κ3) is 2.78. The van der Waals surface area contributed by atoms with Gasteiger partial charge < -0.3 is 0 Å². The molecule has 3 heteroatoms. The number of para-hydroxylation sites is 1. The molecule has 0 unspecified atom stereocenters. The van der Waals surface area contributed by atoms with Gasteiger partial charge in [0.15, 0.2) is 0 Å². The Bertz CT molecular complexity index is 1500. The zero-order valence-corrected chi connectivity index (χ0v) is 17.9. The normalized spacial score (nSPS) is 11.4. The molecule has 0 saturated heterocycles. The number of benzene rings is 4. The van der Waals surface area contributed by atoms with Gasteiger partial charge in [0.2, 0.25) is 0 Å². The summed E-state index contributed by atoms with van der Waals surface area (Å²) in [4.78, 5) is 10.1. The van der Waals surface area contributed by atoms with E-state index < -0.39 is 20.4 Å². The number of fused-ring (bicyclic) bond motifs is 4. The summed E-state index contributed by atoms with van der Waals surface area (Å²) in [6, 6.07) is 34.1. The molecule has 6 rings (SSSR count). The van der Waals surface area contributed by atoms with Gasteiger partial charge in [0.05, 0.1) is 0 Å². The third-order valence-electron chi connectivity index (χ3n) is 5.30. The summed E-state index contributed by atoms with van der Waals surface area (Å²) in [6.45, 7) is 0. The number of hydrogen-bond donors (Lipinski definition) is 0. The number of aromatic nitrogens is 2. The van der Waals surface area contributed by atoms with Gasteiger partial charge in [0.25, 0.3) is 0 Å². The molecule has 0 fully saturated rings. The molecular formula is C26H16N2Te. The van der Waals surface area contributed by atoms with Crippen LogP contribution >= 0.6 is 0 Å². The SMILES string of the molecule is c1ccc(-c2nc(-c3cccc4c3[te]c3ccccc34)nc3ccccc23)cc1. The van der Waals surface area contributed by atoms with Crippen molar-refractivity contribution >= 4 is 48.9 Å². The minimum absolute atomic E-state index is 0.445. The molecule has 0 radical (unpaired) electrons. The molecule has 4 aromatic carbocycles. The third-order valence-corrected chi connectivity index (χ3v) is 8.78. The van der Waals surface area contributed by atoms with Gasteiger partial charge in [0.1, 0.15) is 0 Å². The van der Waals surface area contributed by atoms with Gasteiger partial charge in [-0.2, -0.15) is 0 Å². The predicted molar refractivity (Wildman–Crippen MR) is 122 cm³/mol. The number of nitrogens with zero attached hydrogens (tertiary/aromatic N) is 2. The zero-order valence-electron chi connectivity index (χ0n) is 15.5. The van der Waals surface area contributed by atoms with E-state index in [1.54, 1.807) is 0 Å². The fraction of sp³-hybridized carbons (Fsp3) is 0. The summed E-state index contributed by atoms with van der Waals surface area (Å²) in [6.07, 6.45) is 0. The van der Waals surface area contributed by atoms with Crippen molar-refractivity contribution in [1.82, 2.24) is 9.97 Å². The van der Waals surface area contributed by atoms with Crippen molar-refractivity contribution in [1.29, 1.82) is 0 Å². The molecule has 0 aliphatic rings. The van der Waals surface area contributed by atoms with Crippen LogP contribution in [0.5, 0.6) is 0 Å². The van der Waals surface area contributed by atoms with Crippen molar-refractivity contribution in [3.63, 3.8) is 0 Å². The molecule has 2 heterocycles. The van der Waals surface area contributed by atoms with E-state index in [2.05, 4.69) is 84.9 Å². The summed E-state index contributed by atoms with van der Waals surface area (Å²) in [5, 5.41) is 3.84. The number of rotatable bonds is 2. The first-order valence-electron chi connectivity index (χ1n) is 9.61. The summed E-state index contributed by atoms with van der Waals surface area (Å²) in [7, 11) is 0. The Balaban J connectivity index is 1.69. The average molecular weight is 484 g/mol. The maximum absolute atomic E-state index is 5.09. The van der Waals surface area contributed by atoms with E-state index in [1.807, 2.05) is 12.1 Å². The topological polar surface area (TPSA) is 25.8 Å². The van der Waals surface area contributed by atoms with Crippen molar-refractivity contribution in [2.24, 2.45) is 0 Å². The average Bonchev–Trinajstić information content (AvgIpc) is 3.18. The van der Waals surface area contributed by atoms with Gasteiger partial charge in [-0.25, -0.2) is 0 Å². The van der Waals surface area contributed by atoms with Crippen LogP contribution in [0.15, 0.2) is 97.1 Å². The maximum atomic E-state index is 5.09. The van der Waals surface area contributed by atoms with Crippen LogP contribution in [-0.4, -0.2) is 30.4 Å². The fourth-order valence-electron chi connectivity index (χ4n) is 3.94. The van der Waals surface area contributed by atoms with Crippen LogP contribution in [0.3, 0.4) is 0 Å². The molecule has 0 saturated carbocycles. The summed E-state index contributed by atoms with van der Waals surface area (Å²) >= 11 is -0.445. The Morgan fingerprint density at radius 3 is 2.17 bits per heavy atom. The molecule has 0 atom stereocenters. The first-order chi connectivity index (χ1) is 14.4. The number of hydrogen-bond acceptors (Lipinski definition) is 2. The Hall–Kier alpha value is -2.99. The van der Waals surface area contributed by atoms with Gasteiger partial charge >= 0.3 is 179 Å². The van der Waals surface area contributed by atoms with Gasteiger partial charge in [-0.15, -0.1) is 0 Å². The van der Waals surface area contributed by atoms with Crippen LogP contribution in [0, 0.1) is 0 Å². The second-order valence-corrected chi connectivity index (χ2v) is 10.1. The Labute approximate surface area is 178 Å². The quantitative estimate of drug-likeness (QED) is 0.269. The van der Waals surface area contributed by atoms with Crippen LogP contribution in [0.25, 0.3) is 51.1 Å². The first kappa shape index (κ1) is 16.9. The first-order valence-corrected chi connectivity index (χ1v) is 11.9. The van der Waals surface area contributed by atoms with Crippen molar-refractivity contribution < 1.29 is 0 Å². The Morgan fingerprint density at radius 2 is 1.28 bits per heavy atom. The van der Waals surface area contributed by atoms with E-state index in [9.17, 15) is 0 Å². The van der Waals surface area contributed by atoms with E-state index in [-0.39, 0.29) is 0 Å². The van der Waals surface area contributed by atoms with Crippen molar-refractivity contribution in [3.8, 4) is 22.6 Å². The van der Waals surface area contributed by atoms with Crippen molar-refractivity contribution in [2.75, 3.05) is 0 Å². The molecule has 2 aromatic heterocycles. The molecule has 6 aromatic rings. The molecule has 29 heavy (non-hydrogen) atoms. The molecule has 0 amide bonds. The standard InChI is InChI=1S/C26H16N2Te/c1-2-9-17(10-3-1)24-20-12-4-6-15-22(20)27-26(28-24)21-14-8-13-19-18-11-5-7-16-23(18)29-25(19)21/h1-16H.